The summed E-state index contributed by atoms with van der Waals surface area (Å²) < 4.78 is 42.4. The van der Waals surface area contributed by atoms with Crippen molar-refractivity contribution in [2.75, 3.05) is 0 Å². The Morgan fingerprint density at radius 1 is 0.865 bits per heavy atom. The molecule has 0 aliphatic rings. The largest absolute Gasteiger partial charge is 0.370 e. The SMILES string of the molecule is CCCc1ccc(-c2ccc(-c3ccccc3)n2CC(=O)NC(N)=NCc2ccc(F)c(F)c2F)cc1. The topological polar surface area (TPSA) is 72.4 Å². The number of aryl methyl sites for hydroxylation is 1. The maximum absolute atomic E-state index is 13.9. The van der Waals surface area contributed by atoms with Crippen LogP contribution in [-0.2, 0) is 24.3 Å². The molecule has 3 aromatic carbocycles. The van der Waals surface area contributed by atoms with E-state index in [1.807, 2.05) is 59.2 Å². The monoisotopic (exact) mass is 504 g/mol. The van der Waals surface area contributed by atoms with Crippen molar-refractivity contribution in [3.63, 3.8) is 0 Å². The van der Waals surface area contributed by atoms with Crippen molar-refractivity contribution in [1.29, 1.82) is 0 Å². The quantitative estimate of drug-likeness (QED) is 0.180. The highest BCUT2D eigenvalue weighted by Crippen LogP contribution is 2.29. The van der Waals surface area contributed by atoms with E-state index in [1.165, 1.54) is 5.56 Å². The lowest BCUT2D eigenvalue weighted by atomic mass is 10.1. The van der Waals surface area contributed by atoms with Crippen LogP contribution in [0.5, 0.6) is 0 Å². The molecule has 1 heterocycles. The Bertz CT molecular complexity index is 1410. The van der Waals surface area contributed by atoms with Crippen LogP contribution in [0.15, 0.2) is 83.9 Å². The van der Waals surface area contributed by atoms with Gasteiger partial charge in [0.25, 0.3) is 0 Å². The molecule has 0 aliphatic carbocycles. The Balaban J connectivity index is 1.56. The number of nitrogens with two attached hydrogens (primary N) is 1. The van der Waals surface area contributed by atoms with Crippen molar-refractivity contribution in [1.82, 2.24) is 9.88 Å². The molecule has 4 aromatic rings. The van der Waals surface area contributed by atoms with Crippen molar-refractivity contribution < 1.29 is 18.0 Å². The Kier molecular flexibility index (Phi) is 8.08. The fourth-order valence-electron chi connectivity index (χ4n) is 4.11. The molecule has 0 spiro atoms. The molecular formula is C29H27F3N4O. The third-order valence-corrected chi connectivity index (χ3v) is 5.94. The Morgan fingerprint density at radius 2 is 1.51 bits per heavy atom. The van der Waals surface area contributed by atoms with Crippen molar-refractivity contribution >= 4 is 11.9 Å². The van der Waals surface area contributed by atoms with Gasteiger partial charge in [0.2, 0.25) is 5.91 Å². The predicted octanol–water partition coefficient (Wildman–Crippen LogP) is 5.82. The molecule has 0 fully saturated rings. The molecule has 4 rings (SSSR count). The van der Waals surface area contributed by atoms with Gasteiger partial charge in [-0.05, 0) is 41.3 Å². The van der Waals surface area contributed by atoms with Crippen LogP contribution in [-0.4, -0.2) is 16.4 Å². The summed E-state index contributed by atoms with van der Waals surface area (Å²) >= 11 is 0. The van der Waals surface area contributed by atoms with E-state index in [2.05, 4.69) is 29.4 Å². The molecule has 0 saturated carbocycles. The fraction of sp³-hybridized carbons (Fsp3) is 0.172. The van der Waals surface area contributed by atoms with Gasteiger partial charge >= 0.3 is 0 Å². The third-order valence-electron chi connectivity index (χ3n) is 5.94. The van der Waals surface area contributed by atoms with Crippen molar-refractivity contribution in [2.45, 2.75) is 32.9 Å². The van der Waals surface area contributed by atoms with E-state index in [0.29, 0.717) is 0 Å². The molecule has 0 atom stereocenters. The summed E-state index contributed by atoms with van der Waals surface area (Å²) in [6.45, 7) is 1.72. The number of halogens is 3. The molecule has 3 N–H and O–H groups in total. The number of guanidine groups is 1. The van der Waals surface area contributed by atoms with Crippen LogP contribution in [0.2, 0.25) is 0 Å². The summed E-state index contributed by atoms with van der Waals surface area (Å²) in [6.07, 6.45) is 2.05. The minimum atomic E-state index is -1.58. The molecule has 1 aromatic heterocycles. The Labute approximate surface area is 213 Å². The molecule has 5 nitrogen and oxygen atoms in total. The van der Waals surface area contributed by atoms with Gasteiger partial charge in [-0.3, -0.25) is 10.1 Å². The van der Waals surface area contributed by atoms with Crippen molar-refractivity contribution in [3.8, 4) is 22.5 Å². The van der Waals surface area contributed by atoms with Gasteiger partial charge in [0.05, 0.1) is 6.54 Å². The van der Waals surface area contributed by atoms with Crippen LogP contribution in [0.25, 0.3) is 22.5 Å². The maximum Gasteiger partial charge on any atom is 0.246 e. The highest BCUT2D eigenvalue weighted by molar-refractivity contribution is 5.96. The first-order valence-electron chi connectivity index (χ1n) is 11.9. The van der Waals surface area contributed by atoms with E-state index in [4.69, 9.17) is 5.73 Å². The van der Waals surface area contributed by atoms with Crippen molar-refractivity contribution in [2.24, 2.45) is 10.7 Å². The van der Waals surface area contributed by atoms with Gasteiger partial charge in [0.1, 0.15) is 6.54 Å². The van der Waals surface area contributed by atoms with Crippen LogP contribution < -0.4 is 11.1 Å². The molecule has 0 aliphatic heterocycles. The lowest BCUT2D eigenvalue weighted by Gasteiger charge is -2.14. The van der Waals surface area contributed by atoms with Gasteiger partial charge in [-0.2, -0.15) is 0 Å². The molecule has 0 bridgehead atoms. The standard InChI is InChI=1S/C29H27F3N4O/c1-2-6-19-9-11-21(12-10-19)25-16-15-24(20-7-4-3-5-8-20)36(25)18-26(37)35-29(33)34-17-22-13-14-23(30)28(32)27(22)31/h3-5,7-16H,2,6,17-18H2,1H3,(H3,33,34,35,37). The third kappa shape index (κ3) is 6.09. The first kappa shape index (κ1) is 25.8. The number of hydrogen-bond donors (Lipinski definition) is 2. The van der Waals surface area contributed by atoms with Gasteiger partial charge in [-0.15, -0.1) is 0 Å². The first-order valence-corrected chi connectivity index (χ1v) is 11.9. The van der Waals surface area contributed by atoms with Crippen LogP contribution in [0.3, 0.4) is 0 Å². The summed E-state index contributed by atoms with van der Waals surface area (Å²) in [5, 5.41) is 2.49. The average Bonchev–Trinajstić information content (AvgIpc) is 3.31. The van der Waals surface area contributed by atoms with Gasteiger partial charge < -0.3 is 10.3 Å². The number of amides is 1. The lowest BCUT2D eigenvalue weighted by Crippen LogP contribution is -2.39. The van der Waals surface area contributed by atoms with E-state index in [-0.39, 0.29) is 24.6 Å². The van der Waals surface area contributed by atoms with Gasteiger partial charge in [-0.25, -0.2) is 18.2 Å². The minimum Gasteiger partial charge on any atom is -0.370 e. The summed E-state index contributed by atoms with van der Waals surface area (Å²) in [4.78, 5) is 16.8. The van der Waals surface area contributed by atoms with Gasteiger partial charge in [0, 0.05) is 17.0 Å². The lowest BCUT2D eigenvalue weighted by molar-refractivity contribution is -0.120. The number of hydrogen-bond acceptors (Lipinski definition) is 2. The van der Waals surface area contributed by atoms with Crippen LogP contribution >= 0.6 is 0 Å². The molecule has 190 valence electrons. The molecule has 8 heteroatoms. The van der Waals surface area contributed by atoms with Gasteiger partial charge in [-0.1, -0.05) is 74.0 Å². The summed E-state index contributed by atoms with van der Waals surface area (Å²) in [7, 11) is 0. The molecule has 1 amide bonds. The van der Waals surface area contributed by atoms with Crippen molar-refractivity contribution in [3.05, 3.63) is 107 Å². The molecule has 37 heavy (non-hydrogen) atoms. The second-order valence-electron chi connectivity index (χ2n) is 8.59. The number of aromatic nitrogens is 1. The number of carbonyl (C=O) groups is 1. The van der Waals surface area contributed by atoms with Crippen LogP contribution in [0.1, 0.15) is 24.5 Å². The predicted molar refractivity (Wildman–Crippen MR) is 139 cm³/mol. The number of benzene rings is 3. The molecule has 0 unspecified atom stereocenters. The summed E-state index contributed by atoms with van der Waals surface area (Å²) in [6, 6.07) is 23.8. The maximum atomic E-state index is 13.9. The van der Waals surface area contributed by atoms with Crippen LogP contribution in [0, 0.1) is 17.5 Å². The summed E-state index contributed by atoms with van der Waals surface area (Å²) in [5.41, 5.74) is 10.5. The van der Waals surface area contributed by atoms with E-state index in [9.17, 15) is 18.0 Å². The van der Waals surface area contributed by atoms with E-state index >= 15 is 0 Å². The smallest absolute Gasteiger partial charge is 0.246 e. The van der Waals surface area contributed by atoms with E-state index in [1.54, 1.807) is 0 Å². The zero-order valence-corrected chi connectivity index (χ0v) is 20.3. The number of rotatable bonds is 8. The average molecular weight is 505 g/mol. The minimum absolute atomic E-state index is 0.0565. The normalized spacial score (nSPS) is 11.5. The zero-order valence-electron chi connectivity index (χ0n) is 20.3. The molecule has 0 radical (unpaired) electrons. The Morgan fingerprint density at radius 3 is 2.16 bits per heavy atom. The molecule has 0 saturated heterocycles. The van der Waals surface area contributed by atoms with E-state index in [0.717, 1.165) is 47.5 Å². The number of carbonyl (C=O) groups excluding carboxylic acids is 1. The fourth-order valence-corrected chi connectivity index (χ4v) is 4.11. The van der Waals surface area contributed by atoms with Crippen LogP contribution in [0.4, 0.5) is 13.2 Å². The van der Waals surface area contributed by atoms with E-state index < -0.39 is 23.4 Å². The molecular weight excluding hydrogens is 477 g/mol. The summed E-state index contributed by atoms with van der Waals surface area (Å²) in [5.74, 6) is -4.90. The highest BCUT2D eigenvalue weighted by Gasteiger charge is 2.16. The number of nitrogens with one attached hydrogen (secondary N) is 1. The number of aliphatic imine (C=N–C) groups is 1. The second kappa shape index (κ2) is 11.6. The first-order chi connectivity index (χ1) is 17.9. The Hall–Kier alpha value is -4.33. The van der Waals surface area contributed by atoms with Gasteiger partial charge in [0.15, 0.2) is 23.4 Å². The zero-order chi connectivity index (χ0) is 26.4. The second-order valence-corrected chi connectivity index (χ2v) is 8.59. The highest BCUT2D eigenvalue weighted by atomic mass is 19.2. The number of nitrogens with zero attached hydrogens (tertiary/aromatic N) is 2.